The van der Waals surface area contributed by atoms with Crippen LogP contribution >= 0.6 is 15.9 Å². The number of hydrogen-bond donors (Lipinski definition) is 2. The van der Waals surface area contributed by atoms with E-state index in [0.29, 0.717) is 0 Å². The van der Waals surface area contributed by atoms with Crippen LogP contribution in [-0.2, 0) is 0 Å². The SMILES string of the molecule is Cc1[nH]c2c(Br)cccc2c1C(C)N. The third-order valence-electron chi connectivity index (χ3n) is 2.48. The first-order chi connectivity index (χ1) is 6.61. The molecule has 0 fully saturated rings. The molecule has 1 atom stereocenters. The van der Waals surface area contributed by atoms with Crippen LogP contribution in [0.15, 0.2) is 22.7 Å². The molecule has 2 nitrogen and oxygen atoms in total. The Labute approximate surface area is 91.6 Å². The summed E-state index contributed by atoms with van der Waals surface area (Å²) in [5.74, 6) is 0. The number of H-pyrrole nitrogens is 1. The van der Waals surface area contributed by atoms with Crippen molar-refractivity contribution in [3.05, 3.63) is 33.9 Å². The molecule has 0 saturated carbocycles. The Kier molecular flexibility index (Phi) is 2.37. The van der Waals surface area contributed by atoms with E-state index < -0.39 is 0 Å². The molecule has 0 aliphatic rings. The standard InChI is InChI=1S/C11H13BrN2/c1-6(13)10-7(2)14-11-8(10)4-3-5-9(11)12/h3-6,14H,13H2,1-2H3. The highest BCUT2D eigenvalue weighted by Gasteiger charge is 2.12. The molecule has 1 unspecified atom stereocenters. The number of aromatic nitrogens is 1. The maximum atomic E-state index is 5.94. The second-order valence-corrected chi connectivity index (χ2v) is 4.47. The van der Waals surface area contributed by atoms with Crippen LogP contribution in [0.5, 0.6) is 0 Å². The largest absolute Gasteiger partial charge is 0.357 e. The molecule has 2 rings (SSSR count). The van der Waals surface area contributed by atoms with Gasteiger partial charge in [0.1, 0.15) is 0 Å². The molecule has 1 heterocycles. The van der Waals surface area contributed by atoms with Gasteiger partial charge in [-0.25, -0.2) is 0 Å². The molecule has 2 aromatic rings. The molecule has 0 spiro atoms. The van der Waals surface area contributed by atoms with Crippen LogP contribution in [0.2, 0.25) is 0 Å². The Bertz CT molecular complexity index is 471. The number of fused-ring (bicyclic) bond motifs is 1. The monoisotopic (exact) mass is 252 g/mol. The first-order valence-electron chi connectivity index (χ1n) is 4.63. The van der Waals surface area contributed by atoms with E-state index in [2.05, 4.69) is 33.9 Å². The summed E-state index contributed by atoms with van der Waals surface area (Å²) in [6, 6.07) is 6.23. The highest BCUT2D eigenvalue weighted by Crippen LogP contribution is 2.30. The summed E-state index contributed by atoms with van der Waals surface area (Å²) in [4.78, 5) is 3.35. The lowest BCUT2D eigenvalue weighted by molar-refractivity contribution is 0.817. The Balaban J connectivity index is 2.83. The van der Waals surface area contributed by atoms with Crippen molar-refractivity contribution in [2.75, 3.05) is 0 Å². The fourth-order valence-corrected chi connectivity index (χ4v) is 2.38. The van der Waals surface area contributed by atoms with Gasteiger partial charge in [-0.1, -0.05) is 12.1 Å². The minimum absolute atomic E-state index is 0.0676. The van der Waals surface area contributed by atoms with E-state index in [1.807, 2.05) is 19.1 Å². The molecule has 14 heavy (non-hydrogen) atoms. The van der Waals surface area contributed by atoms with Crippen molar-refractivity contribution in [1.82, 2.24) is 4.98 Å². The molecule has 0 bridgehead atoms. The van der Waals surface area contributed by atoms with Crippen molar-refractivity contribution in [1.29, 1.82) is 0 Å². The summed E-state index contributed by atoms with van der Waals surface area (Å²) in [6.07, 6.45) is 0. The van der Waals surface area contributed by atoms with Crippen molar-refractivity contribution >= 4 is 26.8 Å². The Morgan fingerprint density at radius 1 is 1.43 bits per heavy atom. The molecule has 0 radical (unpaired) electrons. The Hall–Kier alpha value is -0.800. The number of nitrogens with two attached hydrogens (primary N) is 1. The van der Waals surface area contributed by atoms with Crippen LogP contribution in [0.25, 0.3) is 10.9 Å². The van der Waals surface area contributed by atoms with E-state index in [1.54, 1.807) is 0 Å². The van der Waals surface area contributed by atoms with Gasteiger partial charge in [0.05, 0.1) is 5.52 Å². The normalized spacial score (nSPS) is 13.4. The summed E-state index contributed by atoms with van der Waals surface area (Å²) < 4.78 is 1.09. The second kappa shape index (κ2) is 3.41. The minimum Gasteiger partial charge on any atom is -0.357 e. The average Bonchev–Trinajstić information content (AvgIpc) is 2.42. The summed E-state index contributed by atoms with van der Waals surface area (Å²) in [7, 11) is 0. The molecule has 1 aromatic carbocycles. The van der Waals surface area contributed by atoms with Crippen LogP contribution in [0.1, 0.15) is 24.2 Å². The fraction of sp³-hybridized carbons (Fsp3) is 0.273. The van der Waals surface area contributed by atoms with E-state index in [4.69, 9.17) is 5.73 Å². The van der Waals surface area contributed by atoms with Crippen LogP contribution in [0, 0.1) is 6.92 Å². The number of halogens is 1. The van der Waals surface area contributed by atoms with Gasteiger partial charge in [0.25, 0.3) is 0 Å². The second-order valence-electron chi connectivity index (χ2n) is 3.61. The molecular weight excluding hydrogens is 240 g/mol. The van der Waals surface area contributed by atoms with Crippen molar-refractivity contribution in [2.45, 2.75) is 19.9 Å². The maximum Gasteiger partial charge on any atom is 0.0603 e. The van der Waals surface area contributed by atoms with Gasteiger partial charge in [0.2, 0.25) is 0 Å². The van der Waals surface area contributed by atoms with Crippen LogP contribution in [0.4, 0.5) is 0 Å². The maximum absolute atomic E-state index is 5.94. The lowest BCUT2D eigenvalue weighted by Crippen LogP contribution is -2.05. The molecule has 3 heteroatoms. The van der Waals surface area contributed by atoms with Crippen molar-refractivity contribution < 1.29 is 0 Å². The summed E-state index contributed by atoms with van der Waals surface area (Å²) in [5.41, 5.74) is 9.44. The van der Waals surface area contributed by atoms with Gasteiger partial charge >= 0.3 is 0 Å². The van der Waals surface area contributed by atoms with Crippen molar-refractivity contribution in [2.24, 2.45) is 5.73 Å². The third kappa shape index (κ3) is 1.37. The fourth-order valence-electron chi connectivity index (χ4n) is 1.92. The van der Waals surface area contributed by atoms with Gasteiger partial charge in [-0.3, -0.25) is 0 Å². The number of aryl methyl sites for hydroxylation is 1. The highest BCUT2D eigenvalue weighted by atomic mass is 79.9. The van der Waals surface area contributed by atoms with Gasteiger partial charge in [-0.2, -0.15) is 0 Å². The van der Waals surface area contributed by atoms with E-state index in [1.165, 1.54) is 10.9 Å². The van der Waals surface area contributed by atoms with Crippen LogP contribution in [0.3, 0.4) is 0 Å². The number of rotatable bonds is 1. The third-order valence-corrected chi connectivity index (χ3v) is 3.14. The molecule has 0 amide bonds. The number of nitrogens with one attached hydrogen (secondary N) is 1. The predicted molar refractivity (Wildman–Crippen MR) is 63.3 cm³/mol. The summed E-state index contributed by atoms with van der Waals surface area (Å²) in [5, 5.41) is 1.21. The van der Waals surface area contributed by atoms with Crippen LogP contribution < -0.4 is 5.73 Å². The zero-order valence-electron chi connectivity index (χ0n) is 8.26. The molecule has 0 saturated heterocycles. The predicted octanol–water partition coefficient (Wildman–Crippen LogP) is 3.26. The quantitative estimate of drug-likeness (QED) is 0.804. The van der Waals surface area contributed by atoms with Gasteiger partial charge in [-0.15, -0.1) is 0 Å². The summed E-state index contributed by atoms with van der Waals surface area (Å²) in [6.45, 7) is 4.07. The zero-order chi connectivity index (χ0) is 10.3. The first-order valence-corrected chi connectivity index (χ1v) is 5.43. The lowest BCUT2D eigenvalue weighted by Gasteiger charge is -2.04. The lowest BCUT2D eigenvalue weighted by atomic mass is 10.1. The minimum atomic E-state index is 0.0676. The highest BCUT2D eigenvalue weighted by molar-refractivity contribution is 9.10. The average molecular weight is 253 g/mol. The van der Waals surface area contributed by atoms with Crippen molar-refractivity contribution in [3.63, 3.8) is 0 Å². The zero-order valence-corrected chi connectivity index (χ0v) is 9.85. The molecular formula is C11H13BrN2. The first kappa shape index (κ1) is 9.74. The van der Waals surface area contributed by atoms with Crippen molar-refractivity contribution in [3.8, 4) is 0 Å². The topological polar surface area (TPSA) is 41.8 Å². The Morgan fingerprint density at radius 3 is 2.79 bits per heavy atom. The van der Waals surface area contributed by atoms with Gasteiger partial charge in [-0.05, 0) is 41.4 Å². The number of aromatic amines is 1. The summed E-state index contributed by atoms with van der Waals surface area (Å²) >= 11 is 3.52. The Morgan fingerprint density at radius 2 is 2.14 bits per heavy atom. The van der Waals surface area contributed by atoms with Gasteiger partial charge < -0.3 is 10.7 Å². The van der Waals surface area contributed by atoms with E-state index >= 15 is 0 Å². The van der Waals surface area contributed by atoms with E-state index in [-0.39, 0.29) is 6.04 Å². The smallest absolute Gasteiger partial charge is 0.0603 e. The molecule has 0 aliphatic heterocycles. The molecule has 1 aromatic heterocycles. The van der Waals surface area contributed by atoms with Gasteiger partial charge in [0.15, 0.2) is 0 Å². The van der Waals surface area contributed by atoms with Gasteiger partial charge in [0, 0.05) is 21.6 Å². The van der Waals surface area contributed by atoms with Crippen LogP contribution in [-0.4, -0.2) is 4.98 Å². The molecule has 3 N–H and O–H groups in total. The van der Waals surface area contributed by atoms with E-state index in [0.717, 1.165) is 15.7 Å². The molecule has 0 aliphatic carbocycles. The number of benzene rings is 1. The molecule has 74 valence electrons. The number of para-hydroxylation sites is 1. The number of hydrogen-bond acceptors (Lipinski definition) is 1. The van der Waals surface area contributed by atoms with E-state index in [9.17, 15) is 0 Å².